The van der Waals surface area contributed by atoms with Crippen LogP contribution in [-0.4, -0.2) is 12.3 Å². The molecule has 1 aromatic carbocycles. The van der Waals surface area contributed by atoms with E-state index in [4.69, 9.17) is 4.74 Å². The van der Waals surface area contributed by atoms with Gasteiger partial charge >= 0.3 is 5.97 Å². The topological polar surface area (TPSA) is 43.4 Å². The highest BCUT2D eigenvalue weighted by Crippen LogP contribution is 2.13. The third kappa shape index (κ3) is 8.08. The van der Waals surface area contributed by atoms with Gasteiger partial charge in [0.1, 0.15) is 12.0 Å². The lowest BCUT2D eigenvalue weighted by molar-refractivity contribution is -0.134. The van der Waals surface area contributed by atoms with E-state index in [1.54, 1.807) is 24.3 Å². The van der Waals surface area contributed by atoms with Crippen LogP contribution in [0.5, 0.6) is 5.75 Å². The molecule has 3 heteroatoms. The van der Waals surface area contributed by atoms with Crippen LogP contribution < -0.4 is 4.74 Å². The fourth-order valence-corrected chi connectivity index (χ4v) is 2.06. The summed E-state index contributed by atoms with van der Waals surface area (Å²) in [5.74, 6) is 0.288. The van der Waals surface area contributed by atoms with Crippen LogP contribution in [0.25, 0.3) is 0 Å². The second-order valence-corrected chi connectivity index (χ2v) is 5.11. The molecule has 21 heavy (non-hydrogen) atoms. The van der Waals surface area contributed by atoms with Gasteiger partial charge in [0.05, 0.1) is 0 Å². The minimum atomic E-state index is -0.208. The molecule has 0 saturated carbocycles. The van der Waals surface area contributed by atoms with Crippen molar-refractivity contribution in [3.05, 3.63) is 42.5 Å². The number of carbonyl (C=O) groups excluding carboxylic acids is 2. The second kappa shape index (κ2) is 10.8. The molecule has 0 bridgehead atoms. The number of hydrogen-bond acceptors (Lipinski definition) is 3. The average molecular weight is 288 g/mol. The van der Waals surface area contributed by atoms with E-state index in [-0.39, 0.29) is 5.97 Å². The van der Waals surface area contributed by atoms with Crippen molar-refractivity contribution < 1.29 is 14.3 Å². The van der Waals surface area contributed by atoms with E-state index >= 15 is 0 Å². The Morgan fingerprint density at radius 2 is 1.62 bits per heavy atom. The molecule has 1 aromatic rings. The van der Waals surface area contributed by atoms with Gasteiger partial charge in [0.15, 0.2) is 0 Å². The predicted molar refractivity (Wildman–Crippen MR) is 84.6 cm³/mol. The van der Waals surface area contributed by atoms with E-state index in [0.29, 0.717) is 17.7 Å². The minimum Gasteiger partial charge on any atom is -0.427 e. The van der Waals surface area contributed by atoms with Crippen LogP contribution in [0, 0.1) is 0 Å². The van der Waals surface area contributed by atoms with E-state index in [1.165, 1.54) is 25.7 Å². The standard InChI is InChI=1S/C18H24O3/c1-2-3-4-5-6-7-8-9-10-18(20)21-17-13-11-16(15-19)12-14-17/h2,11-15H,1,3-10H2. The van der Waals surface area contributed by atoms with Gasteiger partial charge in [0, 0.05) is 12.0 Å². The molecular formula is C18H24O3. The molecule has 3 nitrogen and oxygen atoms in total. The molecule has 114 valence electrons. The molecule has 1 rings (SSSR count). The number of esters is 1. The van der Waals surface area contributed by atoms with Crippen LogP contribution in [0.3, 0.4) is 0 Å². The van der Waals surface area contributed by atoms with Crippen molar-refractivity contribution in [3.8, 4) is 5.75 Å². The van der Waals surface area contributed by atoms with Crippen molar-refractivity contribution in [2.45, 2.75) is 51.4 Å². The SMILES string of the molecule is C=CCCCCCCCCC(=O)Oc1ccc(C=O)cc1. The van der Waals surface area contributed by atoms with E-state index in [0.717, 1.165) is 25.5 Å². The molecule has 0 heterocycles. The van der Waals surface area contributed by atoms with Crippen molar-refractivity contribution in [2.24, 2.45) is 0 Å². The Morgan fingerprint density at radius 1 is 1.00 bits per heavy atom. The molecule has 0 radical (unpaired) electrons. The number of aldehydes is 1. The van der Waals surface area contributed by atoms with E-state index < -0.39 is 0 Å². The van der Waals surface area contributed by atoms with E-state index in [2.05, 4.69) is 6.58 Å². The normalized spacial score (nSPS) is 10.1. The van der Waals surface area contributed by atoms with Crippen molar-refractivity contribution in [1.29, 1.82) is 0 Å². The summed E-state index contributed by atoms with van der Waals surface area (Å²) in [5.41, 5.74) is 0.575. The van der Waals surface area contributed by atoms with E-state index in [9.17, 15) is 9.59 Å². The monoisotopic (exact) mass is 288 g/mol. The zero-order valence-corrected chi connectivity index (χ0v) is 12.6. The molecule has 0 unspecified atom stereocenters. The Hall–Kier alpha value is -1.90. The Bertz CT molecular complexity index is 434. The number of hydrogen-bond donors (Lipinski definition) is 0. The molecule has 0 aromatic heterocycles. The maximum Gasteiger partial charge on any atom is 0.311 e. The first-order chi connectivity index (χ1) is 10.3. The third-order valence-electron chi connectivity index (χ3n) is 3.29. The summed E-state index contributed by atoms with van der Waals surface area (Å²) in [6, 6.07) is 6.56. The Kier molecular flexibility index (Phi) is 8.85. The summed E-state index contributed by atoms with van der Waals surface area (Å²) in [7, 11) is 0. The van der Waals surface area contributed by atoms with Crippen molar-refractivity contribution in [2.75, 3.05) is 0 Å². The third-order valence-corrected chi connectivity index (χ3v) is 3.29. The predicted octanol–water partition coefficient (Wildman–Crippen LogP) is 4.71. The summed E-state index contributed by atoms with van der Waals surface area (Å²) in [6.45, 7) is 3.70. The summed E-state index contributed by atoms with van der Waals surface area (Å²) in [4.78, 5) is 22.2. The van der Waals surface area contributed by atoms with Gasteiger partial charge in [-0.25, -0.2) is 0 Å². The summed E-state index contributed by atoms with van der Waals surface area (Å²) >= 11 is 0. The Balaban J connectivity index is 2.08. The molecule has 0 aliphatic carbocycles. The molecule has 0 atom stereocenters. The quantitative estimate of drug-likeness (QED) is 0.195. The summed E-state index contributed by atoms with van der Waals surface area (Å²) < 4.78 is 5.21. The number of allylic oxidation sites excluding steroid dienone is 1. The molecule has 0 amide bonds. The van der Waals surface area contributed by atoms with Crippen LogP contribution in [0.15, 0.2) is 36.9 Å². The molecule has 0 N–H and O–H groups in total. The number of ether oxygens (including phenoxy) is 1. The lowest BCUT2D eigenvalue weighted by Crippen LogP contribution is -2.07. The van der Waals surface area contributed by atoms with Crippen LogP contribution in [0.2, 0.25) is 0 Å². The molecule has 0 saturated heterocycles. The van der Waals surface area contributed by atoms with Crippen LogP contribution >= 0.6 is 0 Å². The molecule has 0 aliphatic rings. The molecule has 0 fully saturated rings. The fraction of sp³-hybridized carbons (Fsp3) is 0.444. The maximum absolute atomic E-state index is 11.6. The van der Waals surface area contributed by atoms with Crippen LogP contribution in [0.1, 0.15) is 61.7 Å². The number of unbranched alkanes of at least 4 members (excludes halogenated alkanes) is 6. The molecular weight excluding hydrogens is 264 g/mol. The lowest BCUT2D eigenvalue weighted by atomic mass is 10.1. The Labute approximate surface area is 127 Å². The number of carbonyl (C=O) groups is 2. The van der Waals surface area contributed by atoms with Crippen LogP contribution in [0.4, 0.5) is 0 Å². The smallest absolute Gasteiger partial charge is 0.311 e. The van der Waals surface area contributed by atoms with E-state index in [1.807, 2.05) is 6.08 Å². The number of rotatable bonds is 11. The second-order valence-electron chi connectivity index (χ2n) is 5.11. The van der Waals surface area contributed by atoms with Gasteiger partial charge in [-0.2, -0.15) is 0 Å². The van der Waals surface area contributed by atoms with Gasteiger partial charge < -0.3 is 4.74 Å². The maximum atomic E-state index is 11.6. The van der Waals surface area contributed by atoms with Crippen LogP contribution in [-0.2, 0) is 4.79 Å². The summed E-state index contributed by atoms with van der Waals surface area (Å²) in [5, 5.41) is 0. The van der Waals surface area contributed by atoms with Gasteiger partial charge in [-0.1, -0.05) is 31.8 Å². The average Bonchev–Trinajstić information content (AvgIpc) is 2.50. The highest BCUT2D eigenvalue weighted by Gasteiger charge is 2.04. The van der Waals surface area contributed by atoms with Gasteiger partial charge in [-0.15, -0.1) is 6.58 Å². The first-order valence-corrected chi connectivity index (χ1v) is 7.63. The lowest BCUT2D eigenvalue weighted by Gasteiger charge is -2.04. The van der Waals surface area contributed by atoms with Crippen molar-refractivity contribution >= 4 is 12.3 Å². The van der Waals surface area contributed by atoms with Gasteiger partial charge in [0.2, 0.25) is 0 Å². The van der Waals surface area contributed by atoms with Crippen molar-refractivity contribution in [3.63, 3.8) is 0 Å². The number of benzene rings is 1. The molecule has 0 aliphatic heterocycles. The van der Waals surface area contributed by atoms with Gasteiger partial charge in [-0.05, 0) is 43.5 Å². The highest BCUT2D eigenvalue weighted by molar-refractivity contribution is 5.76. The van der Waals surface area contributed by atoms with Gasteiger partial charge in [-0.3, -0.25) is 9.59 Å². The fourth-order valence-electron chi connectivity index (χ4n) is 2.06. The highest BCUT2D eigenvalue weighted by atomic mass is 16.5. The first-order valence-electron chi connectivity index (χ1n) is 7.63. The Morgan fingerprint density at radius 3 is 2.24 bits per heavy atom. The minimum absolute atomic E-state index is 0.208. The zero-order valence-electron chi connectivity index (χ0n) is 12.6. The van der Waals surface area contributed by atoms with Crippen molar-refractivity contribution in [1.82, 2.24) is 0 Å². The largest absolute Gasteiger partial charge is 0.427 e. The first kappa shape index (κ1) is 17.2. The summed E-state index contributed by atoms with van der Waals surface area (Å²) in [6.07, 6.45) is 11.0. The molecule has 0 spiro atoms. The zero-order chi connectivity index (χ0) is 15.3. The van der Waals surface area contributed by atoms with Gasteiger partial charge in [0.25, 0.3) is 0 Å².